The number of halogens is 2. The SMILES string of the molecule is CC(C)COc1ccc(NC(=O)C2CSCN2)cc1Cl.Cl. The monoisotopic (exact) mass is 350 g/mol. The third-order valence-corrected chi connectivity index (χ3v) is 4.04. The first kappa shape index (κ1) is 18.4. The number of amides is 1. The molecule has 118 valence electrons. The normalized spacial score (nSPS) is 17.4. The Labute approximate surface area is 140 Å². The summed E-state index contributed by atoms with van der Waals surface area (Å²) in [5, 5.41) is 6.50. The number of carbonyl (C=O) groups is 1. The maximum Gasteiger partial charge on any atom is 0.242 e. The average Bonchev–Trinajstić information content (AvgIpc) is 2.91. The van der Waals surface area contributed by atoms with Gasteiger partial charge in [0.15, 0.2) is 0 Å². The van der Waals surface area contributed by atoms with E-state index >= 15 is 0 Å². The van der Waals surface area contributed by atoms with Crippen LogP contribution in [0.2, 0.25) is 5.02 Å². The Morgan fingerprint density at radius 2 is 2.33 bits per heavy atom. The number of carbonyl (C=O) groups excluding carboxylic acids is 1. The number of hydrogen-bond acceptors (Lipinski definition) is 4. The molecule has 0 bridgehead atoms. The van der Waals surface area contributed by atoms with Gasteiger partial charge in [0.2, 0.25) is 5.91 Å². The lowest BCUT2D eigenvalue weighted by Gasteiger charge is -2.13. The summed E-state index contributed by atoms with van der Waals surface area (Å²) in [6.45, 7) is 4.78. The summed E-state index contributed by atoms with van der Waals surface area (Å²) in [4.78, 5) is 12.0. The van der Waals surface area contributed by atoms with E-state index in [-0.39, 0.29) is 24.4 Å². The molecule has 0 spiro atoms. The van der Waals surface area contributed by atoms with Crippen molar-refractivity contribution in [3.05, 3.63) is 23.2 Å². The van der Waals surface area contributed by atoms with E-state index in [4.69, 9.17) is 16.3 Å². The number of rotatable bonds is 5. The molecule has 0 saturated carbocycles. The second kappa shape index (κ2) is 8.73. The molecule has 1 atom stereocenters. The van der Waals surface area contributed by atoms with E-state index in [1.807, 2.05) is 6.07 Å². The highest BCUT2D eigenvalue weighted by molar-refractivity contribution is 7.99. The molecule has 2 N–H and O–H groups in total. The topological polar surface area (TPSA) is 50.4 Å². The van der Waals surface area contributed by atoms with Crippen molar-refractivity contribution in [3.63, 3.8) is 0 Å². The van der Waals surface area contributed by atoms with E-state index in [0.717, 1.165) is 11.6 Å². The Hall–Kier alpha value is -0.620. The van der Waals surface area contributed by atoms with Crippen LogP contribution in [0, 0.1) is 5.92 Å². The second-order valence-electron chi connectivity index (χ2n) is 5.11. The van der Waals surface area contributed by atoms with Gasteiger partial charge in [0.05, 0.1) is 17.7 Å². The summed E-state index contributed by atoms with van der Waals surface area (Å²) in [7, 11) is 0. The first-order chi connectivity index (χ1) is 9.56. The molecule has 0 aliphatic carbocycles. The van der Waals surface area contributed by atoms with Crippen molar-refractivity contribution in [1.82, 2.24) is 5.32 Å². The van der Waals surface area contributed by atoms with Gasteiger partial charge in [-0.1, -0.05) is 25.4 Å². The lowest BCUT2D eigenvalue weighted by molar-refractivity contribution is -0.117. The predicted molar refractivity (Wildman–Crippen MR) is 91.9 cm³/mol. The van der Waals surface area contributed by atoms with Gasteiger partial charge in [0, 0.05) is 17.3 Å². The number of ether oxygens (including phenoxy) is 1. The van der Waals surface area contributed by atoms with Crippen molar-refractivity contribution in [2.75, 3.05) is 23.6 Å². The molecule has 0 radical (unpaired) electrons. The Kier molecular flexibility index (Phi) is 7.66. The fourth-order valence-electron chi connectivity index (χ4n) is 1.75. The first-order valence-electron chi connectivity index (χ1n) is 6.60. The summed E-state index contributed by atoms with van der Waals surface area (Å²) < 4.78 is 5.60. The third-order valence-electron chi connectivity index (χ3n) is 2.80. The zero-order valence-electron chi connectivity index (χ0n) is 12.0. The molecule has 4 nitrogen and oxygen atoms in total. The van der Waals surface area contributed by atoms with Crippen LogP contribution in [0.15, 0.2) is 18.2 Å². The van der Waals surface area contributed by atoms with Crippen LogP contribution in [0.3, 0.4) is 0 Å². The molecule has 2 rings (SSSR count). The number of hydrogen-bond donors (Lipinski definition) is 2. The maximum absolute atomic E-state index is 12.0. The number of benzene rings is 1. The number of anilines is 1. The number of thioether (sulfide) groups is 1. The molecular weight excluding hydrogens is 331 g/mol. The van der Waals surface area contributed by atoms with E-state index in [0.29, 0.717) is 29.0 Å². The van der Waals surface area contributed by atoms with E-state index in [9.17, 15) is 4.79 Å². The summed E-state index contributed by atoms with van der Waals surface area (Å²) in [6.07, 6.45) is 0. The molecule has 1 unspecified atom stereocenters. The van der Waals surface area contributed by atoms with Crippen molar-refractivity contribution < 1.29 is 9.53 Å². The Morgan fingerprint density at radius 3 is 2.90 bits per heavy atom. The fraction of sp³-hybridized carbons (Fsp3) is 0.500. The Morgan fingerprint density at radius 1 is 1.57 bits per heavy atom. The van der Waals surface area contributed by atoms with Crippen LogP contribution in [-0.4, -0.2) is 30.2 Å². The van der Waals surface area contributed by atoms with Crippen molar-refractivity contribution in [2.45, 2.75) is 19.9 Å². The van der Waals surface area contributed by atoms with Gasteiger partial charge in [-0.2, -0.15) is 0 Å². The molecule has 0 aromatic heterocycles. The van der Waals surface area contributed by atoms with Crippen LogP contribution < -0.4 is 15.4 Å². The molecule has 1 aromatic rings. The largest absolute Gasteiger partial charge is 0.492 e. The highest BCUT2D eigenvalue weighted by Gasteiger charge is 2.22. The highest BCUT2D eigenvalue weighted by Crippen LogP contribution is 2.28. The van der Waals surface area contributed by atoms with Crippen LogP contribution >= 0.6 is 35.8 Å². The molecule has 1 aliphatic heterocycles. The van der Waals surface area contributed by atoms with E-state index in [2.05, 4.69) is 24.5 Å². The predicted octanol–water partition coefficient (Wildman–Crippen LogP) is 3.40. The van der Waals surface area contributed by atoms with Crippen LogP contribution in [0.1, 0.15) is 13.8 Å². The van der Waals surface area contributed by atoms with Crippen LogP contribution in [0.5, 0.6) is 5.75 Å². The number of nitrogens with one attached hydrogen (secondary N) is 2. The van der Waals surface area contributed by atoms with E-state index in [1.165, 1.54) is 0 Å². The van der Waals surface area contributed by atoms with Gasteiger partial charge in [0.25, 0.3) is 0 Å². The van der Waals surface area contributed by atoms with Crippen molar-refractivity contribution in [2.24, 2.45) is 5.92 Å². The lowest BCUT2D eigenvalue weighted by atomic mass is 10.2. The minimum Gasteiger partial charge on any atom is -0.492 e. The van der Waals surface area contributed by atoms with Crippen LogP contribution in [-0.2, 0) is 4.79 Å². The standard InChI is InChI=1S/C14H19ClN2O2S.ClH/c1-9(2)6-19-13-4-3-10(5-11(13)15)17-14(18)12-7-20-8-16-12;/h3-5,9,12,16H,6-8H2,1-2H3,(H,17,18);1H. The molecule has 1 amide bonds. The van der Waals surface area contributed by atoms with Gasteiger partial charge >= 0.3 is 0 Å². The van der Waals surface area contributed by atoms with Crippen LogP contribution in [0.25, 0.3) is 0 Å². The summed E-state index contributed by atoms with van der Waals surface area (Å²) in [6, 6.07) is 5.19. The molecule has 1 heterocycles. The zero-order chi connectivity index (χ0) is 14.5. The van der Waals surface area contributed by atoms with Gasteiger partial charge in [-0.15, -0.1) is 24.2 Å². The third kappa shape index (κ3) is 5.58. The highest BCUT2D eigenvalue weighted by atomic mass is 35.5. The summed E-state index contributed by atoms with van der Waals surface area (Å²) in [5.74, 6) is 2.68. The molecule has 21 heavy (non-hydrogen) atoms. The van der Waals surface area contributed by atoms with E-state index in [1.54, 1.807) is 23.9 Å². The molecule has 1 aromatic carbocycles. The van der Waals surface area contributed by atoms with Crippen molar-refractivity contribution in [3.8, 4) is 5.75 Å². The average molecular weight is 351 g/mol. The first-order valence-corrected chi connectivity index (χ1v) is 8.14. The molecular formula is C14H20Cl2N2O2S. The second-order valence-corrected chi connectivity index (χ2v) is 6.55. The molecule has 1 saturated heterocycles. The summed E-state index contributed by atoms with van der Waals surface area (Å²) in [5.41, 5.74) is 0.690. The van der Waals surface area contributed by atoms with Gasteiger partial charge in [-0.3, -0.25) is 10.1 Å². The molecule has 1 fully saturated rings. The van der Waals surface area contributed by atoms with Gasteiger partial charge in [-0.05, 0) is 24.1 Å². The Balaban J connectivity index is 0.00000220. The smallest absolute Gasteiger partial charge is 0.242 e. The maximum atomic E-state index is 12.0. The van der Waals surface area contributed by atoms with Crippen molar-refractivity contribution >= 4 is 47.4 Å². The van der Waals surface area contributed by atoms with Crippen molar-refractivity contribution in [1.29, 1.82) is 0 Å². The fourth-order valence-corrected chi connectivity index (χ4v) is 2.92. The summed E-state index contributed by atoms with van der Waals surface area (Å²) >= 11 is 7.88. The molecule has 7 heteroatoms. The van der Waals surface area contributed by atoms with E-state index < -0.39 is 0 Å². The minimum atomic E-state index is -0.129. The van der Waals surface area contributed by atoms with Gasteiger partial charge in [0.1, 0.15) is 5.75 Å². The lowest BCUT2D eigenvalue weighted by Crippen LogP contribution is -2.37. The minimum absolute atomic E-state index is 0. The zero-order valence-corrected chi connectivity index (χ0v) is 14.4. The Bertz CT molecular complexity index is 480. The molecule has 1 aliphatic rings. The van der Waals surface area contributed by atoms with Crippen LogP contribution in [0.4, 0.5) is 5.69 Å². The van der Waals surface area contributed by atoms with Gasteiger partial charge in [-0.25, -0.2) is 0 Å². The quantitative estimate of drug-likeness (QED) is 0.854. The van der Waals surface area contributed by atoms with Gasteiger partial charge < -0.3 is 10.1 Å².